The van der Waals surface area contributed by atoms with Crippen molar-refractivity contribution in [1.82, 2.24) is 15.1 Å². The van der Waals surface area contributed by atoms with Crippen LogP contribution in [0.1, 0.15) is 12.5 Å². The van der Waals surface area contributed by atoms with E-state index < -0.39 is 0 Å². The second-order valence-corrected chi connectivity index (χ2v) is 7.29. The summed E-state index contributed by atoms with van der Waals surface area (Å²) in [5.41, 5.74) is 2.04. The Kier molecular flexibility index (Phi) is 7.78. The summed E-state index contributed by atoms with van der Waals surface area (Å²) in [6, 6.07) is 19.7. The third-order valence-electron chi connectivity index (χ3n) is 5.21. The molecule has 1 heterocycles. The minimum atomic E-state index is 0.0413. The van der Waals surface area contributed by atoms with Crippen LogP contribution >= 0.6 is 0 Å². The lowest BCUT2D eigenvalue weighted by Gasteiger charge is -2.35. The number of piperazine rings is 1. The van der Waals surface area contributed by atoms with E-state index in [2.05, 4.69) is 15.1 Å². The normalized spacial score (nSPS) is 15.1. The largest absolute Gasteiger partial charge is 0.351 e. The number of hydrogen-bond donors (Lipinski definition) is 1. The number of hydrogen-bond acceptors (Lipinski definition) is 4. The first-order chi connectivity index (χ1) is 14.2. The van der Waals surface area contributed by atoms with Crippen LogP contribution in [0, 0.1) is 0 Å². The zero-order valence-corrected chi connectivity index (χ0v) is 17.1. The molecule has 1 saturated heterocycles. The average molecular weight is 395 g/mol. The first-order valence-corrected chi connectivity index (χ1v) is 10.3. The number of amides is 2. The fourth-order valence-electron chi connectivity index (χ4n) is 3.55. The molecule has 1 fully saturated rings. The van der Waals surface area contributed by atoms with Crippen molar-refractivity contribution >= 4 is 17.5 Å². The SMILES string of the molecule is CCN(C(=O)CN1CCN(CC(=O)NCc2ccccc2)CC1)c1ccccc1. The molecule has 2 amide bonds. The van der Waals surface area contributed by atoms with E-state index in [1.807, 2.05) is 72.5 Å². The summed E-state index contributed by atoms with van der Waals surface area (Å²) in [7, 11) is 0. The molecule has 1 aliphatic heterocycles. The van der Waals surface area contributed by atoms with Crippen molar-refractivity contribution in [3.8, 4) is 0 Å². The predicted octanol–water partition coefficient (Wildman–Crippen LogP) is 1.97. The van der Waals surface area contributed by atoms with Crippen molar-refractivity contribution in [2.24, 2.45) is 0 Å². The maximum absolute atomic E-state index is 12.7. The van der Waals surface area contributed by atoms with E-state index in [0.29, 0.717) is 26.2 Å². The number of likely N-dealkylation sites (N-methyl/N-ethyl adjacent to an activating group) is 1. The Labute approximate surface area is 173 Å². The molecule has 0 spiro atoms. The number of anilines is 1. The molecule has 0 saturated carbocycles. The number of rotatable bonds is 8. The molecule has 0 radical (unpaired) electrons. The third kappa shape index (κ3) is 6.41. The lowest BCUT2D eigenvalue weighted by atomic mass is 10.2. The summed E-state index contributed by atoms with van der Waals surface area (Å²) in [4.78, 5) is 31.1. The van der Waals surface area contributed by atoms with E-state index >= 15 is 0 Å². The smallest absolute Gasteiger partial charge is 0.241 e. The number of nitrogens with one attached hydrogen (secondary N) is 1. The van der Waals surface area contributed by atoms with E-state index in [4.69, 9.17) is 0 Å². The molecular weight excluding hydrogens is 364 g/mol. The van der Waals surface area contributed by atoms with Gasteiger partial charge < -0.3 is 10.2 Å². The first-order valence-electron chi connectivity index (χ1n) is 10.3. The van der Waals surface area contributed by atoms with Gasteiger partial charge in [-0.05, 0) is 24.6 Å². The monoisotopic (exact) mass is 394 g/mol. The summed E-state index contributed by atoms with van der Waals surface area (Å²) < 4.78 is 0. The summed E-state index contributed by atoms with van der Waals surface area (Å²) in [6.45, 7) is 7.21. The number of benzene rings is 2. The Hall–Kier alpha value is -2.70. The van der Waals surface area contributed by atoms with E-state index in [0.717, 1.165) is 37.4 Å². The molecule has 0 atom stereocenters. The lowest BCUT2D eigenvalue weighted by Crippen LogP contribution is -2.52. The average Bonchev–Trinajstić information content (AvgIpc) is 2.76. The highest BCUT2D eigenvalue weighted by Gasteiger charge is 2.22. The highest BCUT2D eigenvalue weighted by atomic mass is 16.2. The van der Waals surface area contributed by atoms with Crippen LogP contribution in [0.3, 0.4) is 0 Å². The van der Waals surface area contributed by atoms with Crippen molar-refractivity contribution < 1.29 is 9.59 Å². The topological polar surface area (TPSA) is 55.9 Å². The van der Waals surface area contributed by atoms with Crippen LogP contribution in [-0.2, 0) is 16.1 Å². The van der Waals surface area contributed by atoms with Gasteiger partial charge in [-0.3, -0.25) is 19.4 Å². The van der Waals surface area contributed by atoms with E-state index in [9.17, 15) is 9.59 Å². The predicted molar refractivity (Wildman–Crippen MR) is 116 cm³/mol. The summed E-state index contributed by atoms with van der Waals surface area (Å²) in [6.07, 6.45) is 0. The molecule has 0 aromatic heterocycles. The van der Waals surface area contributed by atoms with Crippen LogP contribution in [-0.4, -0.2) is 67.4 Å². The molecule has 3 rings (SSSR count). The van der Waals surface area contributed by atoms with Gasteiger partial charge in [0.05, 0.1) is 13.1 Å². The molecule has 6 nitrogen and oxygen atoms in total. The van der Waals surface area contributed by atoms with Gasteiger partial charge >= 0.3 is 0 Å². The molecule has 29 heavy (non-hydrogen) atoms. The minimum Gasteiger partial charge on any atom is -0.351 e. The second-order valence-electron chi connectivity index (χ2n) is 7.29. The van der Waals surface area contributed by atoms with Crippen molar-refractivity contribution in [3.63, 3.8) is 0 Å². The number of nitrogens with zero attached hydrogens (tertiary/aromatic N) is 3. The Morgan fingerprint density at radius 1 is 0.862 bits per heavy atom. The Bertz CT molecular complexity index is 774. The van der Waals surface area contributed by atoms with Gasteiger partial charge in [-0.15, -0.1) is 0 Å². The summed E-state index contributed by atoms with van der Waals surface area (Å²) in [5, 5.41) is 2.98. The number of carbonyl (C=O) groups is 2. The molecule has 0 unspecified atom stereocenters. The molecule has 0 aliphatic carbocycles. The van der Waals surface area contributed by atoms with Gasteiger partial charge in [0.15, 0.2) is 0 Å². The Balaban J connectivity index is 1.39. The molecular formula is C23H30N4O2. The van der Waals surface area contributed by atoms with Gasteiger partial charge in [0, 0.05) is 45.0 Å². The summed E-state index contributed by atoms with van der Waals surface area (Å²) >= 11 is 0. The van der Waals surface area contributed by atoms with Gasteiger partial charge in [-0.25, -0.2) is 0 Å². The van der Waals surface area contributed by atoms with Gasteiger partial charge in [-0.1, -0.05) is 48.5 Å². The van der Waals surface area contributed by atoms with Crippen LogP contribution in [0.15, 0.2) is 60.7 Å². The number of carbonyl (C=O) groups excluding carboxylic acids is 2. The molecule has 1 N–H and O–H groups in total. The quantitative estimate of drug-likeness (QED) is 0.744. The van der Waals surface area contributed by atoms with Gasteiger partial charge in [0.2, 0.25) is 11.8 Å². The molecule has 2 aromatic rings. The highest BCUT2D eigenvalue weighted by Crippen LogP contribution is 2.14. The van der Waals surface area contributed by atoms with Gasteiger partial charge in [-0.2, -0.15) is 0 Å². The molecule has 0 bridgehead atoms. The minimum absolute atomic E-state index is 0.0413. The van der Waals surface area contributed by atoms with Gasteiger partial charge in [0.25, 0.3) is 0 Å². The zero-order valence-electron chi connectivity index (χ0n) is 17.1. The van der Waals surface area contributed by atoms with E-state index in [1.165, 1.54) is 0 Å². The van der Waals surface area contributed by atoms with Crippen molar-refractivity contribution in [2.45, 2.75) is 13.5 Å². The van der Waals surface area contributed by atoms with Crippen LogP contribution in [0.2, 0.25) is 0 Å². The van der Waals surface area contributed by atoms with Crippen LogP contribution in [0.25, 0.3) is 0 Å². The Morgan fingerprint density at radius 2 is 1.41 bits per heavy atom. The van der Waals surface area contributed by atoms with Gasteiger partial charge in [0.1, 0.15) is 0 Å². The molecule has 2 aromatic carbocycles. The first kappa shape index (κ1) is 21.0. The maximum Gasteiger partial charge on any atom is 0.241 e. The lowest BCUT2D eigenvalue weighted by molar-refractivity contribution is -0.124. The van der Waals surface area contributed by atoms with Crippen LogP contribution < -0.4 is 10.2 Å². The van der Waals surface area contributed by atoms with E-state index in [-0.39, 0.29) is 11.8 Å². The molecule has 6 heteroatoms. The maximum atomic E-state index is 12.7. The van der Waals surface area contributed by atoms with Crippen LogP contribution in [0.4, 0.5) is 5.69 Å². The third-order valence-corrected chi connectivity index (χ3v) is 5.21. The van der Waals surface area contributed by atoms with Crippen molar-refractivity contribution in [1.29, 1.82) is 0 Å². The molecule has 1 aliphatic rings. The fraction of sp³-hybridized carbons (Fsp3) is 0.391. The second kappa shape index (κ2) is 10.7. The fourth-order valence-corrected chi connectivity index (χ4v) is 3.55. The van der Waals surface area contributed by atoms with Crippen molar-refractivity contribution in [2.75, 3.05) is 50.7 Å². The van der Waals surface area contributed by atoms with E-state index in [1.54, 1.807) is 0 Å². The van der Waals surface area contributed by atoms with Crippen molar-refractivity contribution in [3.05, 3.63) is 66.2 Å². The highest BCUT2D eigenvalue weighted by molar-refractivity contribution is 5.94. The standard InChI is InChI=1S/C23H30N4O2/c1-2-27(21-11-7-4-8-12-21)23(29)19-26-15-13-25(14-16-26)18-22(28)24-17-20-9-5-3-6-10-20/h3-12H,2,13-19H2,1H3,(H,24,28). The summed E-state index contributed by atoms with van der Waals surface area (Å²) in [5.74, 6) is 0.160. The molecule has 154 valence electrons. The zero-order chi connectivity index (χ0) is 20.5. The van der Waals surface area contributed by atoms with Crippen LogP contribution in [0.5, 0.6) is 0 Å². The number of para-hydroxylation sites is 1. The Morgan fingerprint density at radius 3 is 2.00 bits per heavy atom.